The van der Waals surface area contributed by atoms with E-state index in [1.807, 2.05) is 35.7 Å². The van der Waals surface area contributed by atoms with E-state index in [1.54, 1.807) is 17.3 Å². The van der Waals surface area contributed by atoms with Crippen LogP contribution in [0.25, 0.3) is 0 Å². The van der Waals surface area contributed by atoms with Crippen LogP contribution in [0.15, 0.2) is 41.2 Å². The zero-order chi connectivity index (χ0) is 35.7. The Morgan fingerprint density at radius 3 is 2.42 bits per heavy atom. The van der Waals surface area contributed by atoms with E-state index < -0.39 is 35.9 Å². The van der Waals surface area contributed by atoms with Gasteiger partial charge in [0.1, 0.15) is 6.04 Å². The largest absolute Gasteiger partial charge is 0.391 e. The van der Waals surface area contributed by atoms with Crippen LogP contribution in [0.5, 0.6) is 0 Å². The molecule has 4 N–H and O–H groups in total. The van der Waals surface area contributed by atoms with Crippen LogP contribution in [-0.4, -0.2) is 89.7 Å². The molecule has 2 aromatic rings. The summed E-state index contributed by atoms with van der Waals surface area (Å²) < 4.78 is 5.42. The van der Waals surface area contributed by atoms with Crippen molar-refractivity contribution in [2.45, 2.75) is 109 Å². The molecule has 11 nitrogen and oxygen atoms in total. The van der Waals surface area contributed by atoms with Gasteiger partial charge in [0.15, 0.2) is 0 Å². The minimum absolute atomic E-state index is 0.00694. The van der Waals surface area contributed by atoms with E-state index in [0.29, 0.717) is 57.3 Å². The predicted octanol–water partition coefficient (Wildman–Crippen LogP) is 4.04. The Kier molecular flexibility index (Phi) is 16.7. The molecular formula is C38H57N5O6S. The Morgan fingerprint density at radius 1 is 1.00 bits per heavy atom. The summed E-state index contributed by atoms with van der Waals surface area (Å²) in [5, 5.41) is 22.4. The highest BCUT2D eigenvalue weighted by atomic mass is 32.1. The fourth-order valence-electron chi connectivity index (χ4n) is 6.93. The Labute approximate surface area is 301 Å². The predicted molar refractivity (Wildman–Crippen MR) is 194 cm³/mol. The smallest absolute Gasteiger partial charge is 0.243 e. The molecule has 5 atom stereocenters. The lowest BCUT2D eigenvalue weighted by molar-refractivity contribution is -0.140. The highest BCUT2D eigenvalue weighted by molar-refractivity contribution is 7.07. The third-order valence-corrected chi connectivity index (χ3v) is 10.6. The summed E-state index contributed by atoms with van der Waals surface area (Å²) in [5.74, 6) is -1.80. The molecule has 2 fully saturated rings. The summed E-state index contributed by atoms with van der Waals surface area (Å²) in [6, 6.07) is 8.01. The Balaban J connectivity index is 1.51. The number of nitrogens with one attached hydrogen (secondary N) is 3. The van der Waals surface area contributed by atoms with Crippen LogP contribution >= 0.6 is 11.3 Å². The number of aromatic nitrogens is 1. The molecule has 2 aliphatic rings. The number of nitrogens with zero attached hydrogens (tertiary/aromatic N) is 2. The number of benzene rings is 1. The normalized spacial score (nSPS) is 18.3. The van der Waals surface area contributed by atoms with E-state index in [4.69, 9.17) is 4.74 Å². The fourth-order valence-corrected chi connectivity index (χ4v) is 7.50. The summed E-state index contributed by atoms with van der Waals surface area (Å²) in [5.41, 5.74) is 3.28. The van der Waals surface area contributed by atoms with Crippen molar-refractivity contribution in [3.63, 3.8) is 0 Å². The van der Waals surface area contributed by atoms with Gasteiger partial charge < -0.3 is 30.7 Å². The van der Waals surface area contributed by atoms with Gasteiger partial charge in [0.05, 0.1) is 42.5 Å². The number of morpholine rings is 1. The minimum atomic E-state index is -0.975. The third-order valence-electron chi connectivity index (χ3n) is 9.99. The molecule has 0 bridgehead atoms. The second-order valence-electron chi connectivity index (χ2n) is 14.0. The van der Waals surface area contributed by atoms with Crippen molar-refractivity contribution in [2.75, 3.05) is 32.8 Å². The van der Waals surface area contributed by atoms with Crippen molar-refractivity contribution < 1.29 is 29.0 Å². The molecule has 50 heavy (non-hydrogen) atoms. The molecule has 1 saturated heterocycles. The molecule has 12 heteroatoms. The van der Waals surface area contributed by atoms with Gasteiger partial charge in [-0.3, -0.25) is 19.2 Å². The molecule has 1 aliphatic carbocycles. The monoisotopic (exact) mass is 711 g/mol. The maximum Gasteiger partial charge on any atom is 0.243 e. The lowest BCUT2D eigenvalue weighted by Gasteiger charge is -2.32. The van der Waals surface area contributed by atoms with Gasteiger partial charge >= 0.3 is 0 Å². The Morgan fingerprint density at radius 2 is 1.74 bits per heavy atom. The third kappa shape index (κ3) is 13.1. The quantitative estimate of drug-likeness (QED) is 0.161. The first kappa shape index (κ1) is 39.4. The molecule has 276 valence electrons. The van der Waals surface area contributed by atoms with Crippen LogP contribution in [0.2, 0.25) is 0 Å². The number of aliphatic hydroxyl groups excluding tert-OH is 1. The number of rotatable bonds is 19. The van der Waals surface area contributed by atoms with Gasteiger partial charge in [-0.15, -0.1) is 11.3 Å². The summed E-state index contributed by atoms with van der Waals surface area (Å²) >= 11 is 1.41. The van der Waals surface area contributed by atoms with Gasteiger partial charge in [0.25, 0.3) is 0 Å². The van der Waals surface area contributed by atoms with E-state index >= 15 is 0 Å². The van der Waals surface area contributed by atoms with Gasteiger partial charge in [0.2, 0.25) is 23.6 Å². The molecular weight excluding hydrogens is 655 g/mol. The van der Waals surface area contributed by atoms with Gasteiger partial charge in [-0.05, 0) is 37.2 Å². The highest BCUT2D eigenvalue weighted by Gasteiger charge is 2.34. The van der Waals surface area contributed by atoms with Crippen molar-refractivity contribution in [1.82, 2.24) is 25.8 Å². The van der Waals surface area contributed by atoms with Crippen LogP contribution in [0, 0.1) is 17.8 Å². The highest BCUT2D eigenvalue weighted by Crippen LogP contribution is 2.29. The summed E-state index contributed by atoms with van der Waals surface area (Å²) in [7, 11) is 0. The standard InChI is InChI=1S/C38H57N5O6S/c1-3-4-15-39-36(46)27(2)20-34(44)32(22-29-13-9-6-10-14-29)41-38(48)33(24-31-25-50-26-40-31)42-37(47)30(21-28-11-7-5-8-12-28)23-35(45)43-16-18-49-19-17-43/h5,7-8,11-12,25-27,29-30,32-34,44H,3-4,6,9-10,13-24H2,1-2H3,(H,39,46)(H,41,48)(H,42,47)/t27?,30?,32?,33-,34?/m0/s1. The average molecular weight is 712 g/mol. The topological polar surface area (TPSA) is 150 Å². The second kappa shape index (κ2) is 21.1. The van der Waals surface area contributed by atoms with Crippen molar-refractivity contribution in [3.05, 3.63) is 52.5 Å². The Bertz CT molecular complexity index is 1320. The SMILES string of the molecule is CCCCNC(=O)C(C)CC(O)C(CC1CCCCC1)NC(=O)[C@H](Cc1cscn1)NC(=O)C(CC(=O)N1CCOCC1)Cc1ccccc1. The van der Waals surface area contributed by atoms with E-state index in [-0.39, 0.29) is 37.0 Å². The lowest BCUT2D eigenvalue weighted by atomic mass is 9.82. The molecule has 0 radical (unpaired) electrons. The molecule has 1 aromatic carbocycles. The molecule has 2 heterocycles. The number of hydrogen-bond donors (Lipinski definition) is 4. The number of hydrogen-bond acceptors (Lipinski definition) is 8. The van der Waals surface area contributed by atoms with Crippen molar-refractivity contribution in [3.8, 4) is 0 Å². The van der Waals surface area contributed by atoms with Gasteiger partial charge in [-0.25, -0.2) is 4.98 Å². The van der Waals surface area contributed by atoms with E-state index in [2.05, 4.69) is 27.9 Å². The minimum Gasteiger partial charge on any atom is -0.391 e. The molecule has 1 saturated carbocycles. The lowest BCUT2D eigenvalue weighted by Crippen LogP contribution is -2.55. The van der Waals surface area contributed by atoms with Crippen LogP contribution in [-0.2, 0) is 36.8 Å². The molecule has 1 aromatic heterocycles. The van der Waals surface area contributed by atoms with E-state index in [1.165, 1.54) is 17.8 Å². The molecule has 0 spiro atoms. The zero-order valence-corrected chi connectivity index (χ0v) is 30.6. The number of ether oxygens (including phenoxy) is 1. The Hall–Kier alpha value is -3.35. The summed E-state index contributed by atoms with van der Waals surface area (Å²) in [4.78, 5) is 60.5. The first-order valence-corrected chi connectivity index (χ1v) is 19.5. The van der Waals surface area contributed by atoms with Crippen molar-refractivity contribution >= 4 is 35.0 Å². The fraction of sp³-hybridized carbons (Fsp3) is 0.658. The maximum absolute atomic E-state index is 14.2. The van der Waals surface area contributed by atoms with Crippen LogP contribution < -0.4 is 16.0 Å². The van der Waals surface area contributed by atoms with Gasteiger partial charge in [-0.1, -0.05) is 82.7 Å². The zero-order valence-electron chi connectivity index (χ0n) is 29.8. The number of aliphatic hydroxyl groups is 1. The average Bonchev–Trinajstić information content (AvgIpc) is 3.65. The summed E-state index contributed by atoms with van der Waals surface area (Å²) in [6.45, 7) is 6.37. The van der Waals surface area contributed by atoms with Crippen molar-refractivity contribution in [1.29, 1.82) is 0 Å². The maximum atomic E-state index is 14.2. The number of carbonyl (C=O) groups is 4. The number of thiazole rings is 1. The molecule has 1 aliphatic heterocycles. The van der Waals surface area contributed by atoms with Crippen LogP contribution in [0.4, 0.5) is 0 Å². The van der Waals surface area contributed by atoms with Gasteiger partial charge in [0, 0.05) is 43.8 Å². The number of carbonyl (C=O) groups excluding carboxylic acids is 4. The molecule has 4 unspecified atom stereocenters. The van der Waals surface area contributed by atoms with Crippen LogP contribution in [0.1, 0.15) is 89.3 Å². The van der Waals surface area contributed by atoms with Crippen LogP contribution in [0.3, 0.4) is 0 Å². The van der Waals surface area contributed by atoms with E-state index in [9.17, 15) is 24.3 Å². The molecule has 4 amide bonds. The second-order valence-corrected chi connectivity index (χ2v) is 14.8. The number of unbranched alkanes of at least 4 members (excludes halogenated alkanes) is 1. The van der Waals surface area contributed by atoms with E-state index in [0.717, 1.165) is 44.1 Å². The summed E-state index contributed by atoms with van der Waals surface area (Å²) in [6.07, 6.45) is 7.72. The molecule has 4 rings (SSSR count). The first-order chi connectivity index (χ1) is 24.2. The number of amides is 4. The first-order valence-electron chi connectivity index (χ1n) is 18.6. The van der Waals surface area contributed by atoms with Gasteiger partial charge in [-0.2, -0.15) is 0 Å². The van der Waals surface area contributed by atoms with Crippen molar-refractivity contribution in [2.24, 2.45) is 17.8 Å².